The van der Waals surface area contributed by atoms with Crippen molar-refractivity contribution in [1.82, 2.24) is 10.6 Å². The summed E-state index contributed by atoms with van der Waals surface area (Å²) in [7, 11) is 0. The molecule has 0 bridgehead atoms. The molecule has 1 aromatic carbocycles. The lowest BCUT2D eigenvalue weighted by Gasteiger charge is -2.18. The number of rotatable bonds is 7. The molecule has 1 unspecified atom stereocenters. The topological polar surface area (TPSA) is 36.4 Å². The van der Waals surface area contributed by atoms with Crippen molar-refractivity contribution in [3.8, 4) is 0 Å². The number of hydrogen-bond donors (Lipinski definition) is 2. The molecule has 0 fully saturated rings. The molecule has 132 valence electrons. The second kappa shape index (κ2) is 11.5. The molecule has 3 nitrogen and oxygen atoms in total. The van der Waals surface area contributed by atoms with Crippen molar-refractivity contribution in [2.24, 2.45) is 4.99 Å². The van der Waals surface area contributed by atoms with E-state index >= 15 is 0 Å². The Hall–Kier alpha value is -0.990. The van der Waals surface area contributed by atoms with E-state index in [0.29, 0.717) is 25.5 Å². The van der Waals surface area contributed by atoms with E-state index in [-0.39, 0.29) is 36.4 Å². The zero-order valence-corrected chi connectivity index (χ0v) is 15.8. The molecule has 1 rings (SSSR count). The van der Waals surface area contributed by atoms with E-state index in [1.54, 1.807) is 0 Å². The van der Waals surface area contributed by atoms with Crippen LogP contribution in [0.1, 0.15) is 44.7 Å². The molecule has 0 aromatic heterocycles. The quantitative estimate of drug-likeness (QED) is 0.279. The van der Waals surface area contributed by atoms with E-state index in [9.17, 15) is 13.2 Å². The molecule has 7 heteroatoms. The highest BCUT2D eigenvalue weighted by Gasteiger charge is 2.25. The van der Waals surface area contributed by atoms with Crippen LogP contribution in [0.3, 0.4) is 0 Å². The molecular weight excluding hydrogens is 418 g/mol. The summed E-state index contributed by atoms with van der Waals surface area (Å²) >= 11 is 0. The van der Waals surface area contributed by atoms with Crippen molar-refractivity contribution in [3.63, 3.8) is 0 Å². The Labute approximate surface area is 153 Å². The number of benzene rings is 1. The molecule has 2 N–H and O–H groups in total. The summed E-state index contributed by atoms with van der Waals surface area (Å²) in [6.07, 6.45) is -4.28. The summed E-state index contributed by atoms with van der Waals surface area (Å²) in [4.78, 5) is 4.33. The Bertz CT molecular complexity index is 450. The zero-order valence-electron chi connectivity index (χ0n) is 13.5. The normalized spacial score (nSPS) is 13.2. The minimum Gasteiger partial charge on any atom is -0.357 e. The first-order valence-electron chi connectivity index (χ1n) is 7.59. The van der Waals surface area contributed by atoms with Crippen molar-refractivity contribution >= 4 is 29.9 Å². The largest absolute Gasteiger partial charge is 0.389 e. The number of halogens is 4. The van der Waals surface area contributed by atoms with Gasteiger partial charge in [-0.1, -0.05) is 30.3 Å². The lowest BCUT2D eigenvalue weighted by Crippen LogP contribution is -2.38. The number of unbranched alkanes of at least 4 members (excludes halogenated alkanes) is 1. The summed E-state index contributed by atoms with van der Waals surface area (Å²) in [5, 5.41) is 6.37. The second-order valence-electron chi connectivity index (χ2n) is 5.11. The average molecular weight is 443 g/mol. The Morgan fingerprint density at radius 3 is 2.39 bits per heavy atom. The van der Waals surface area contributed by atoms with Crippen LogP contribution < -0.4 is 10.6 Å². The number of alkyl halides is 3. The minimum atomic E-state index is -4.08. The van der Waals surface area contributed by atoms with Crippen molar-refractivity contribution in [2.45, 2.75) is 45.3 Å². The first-order valence-corrected chi connectivity index (χ1v) is 7.59. The van der Waals surface area contributed by atoms with Crippen LogP contribution >= 0.6 is 24.0 Å². The molecular formula is C16H25F3IN3. The van der Waals surface area contributed by atoms with Gasteiger partial charge in [0.15, 0.2) is 5.96 Å². The maximum atomic E-state index is 12.1. The average Bonchev–Trinajstić information content (AvgIpc) is 2.46. The highest BCUT2D eigenvalue weighted by atomic mass is 127. The first-order chi connectivity index (χ1) is 10.4. The maximum Gasteiger partial charge on any atom is 0.389 e. The van der Waals surface area contributed by atoms with Crippen LogP contribution in [0, 0.1) is 0 Å². The fraction of sp³-hybridized carbons (Fsp3) is 0.562. The van der Waals surface area contributed by atoms with Gasteiger partial charge in [0.05, 0.1) is 6.04 Å². The minimum absolute atomic E-state index is 0. The van der Waals surface area contributed by atoms with Gasteiger partial charge in [0, 0.05) is 19.5 Å². The van der Waals surface area contributed by atoms with Gasteiger partial charge in [-0.2, -0.15) is 13.2 Å². The van der Waals surface area contributed by atoms with E-state index in [4.69, 9.17) is 0 Å². The summed E-state index contributed by atoms with van der Waals surface area (Å²) in [5.74, 6) is 0.630. The first kappa shape index (κ1) is 22.0. The van der Waals surface area contributed by atoms with Crippen molar-refractivity contribution < 1.29 is 13.2 Å². The van der Waals surface area contributed by atoms with Crippen molar-refractivity contribution in [2.75, 3.05) is 13.1 Å². The van der Waals surface area contributed by atoms with E-state index in [0.717, 1.165) is 5.56 Å². The Balaban J connectivity index is 0.00000484. The molecule has 1 aromatic rings. The Kier molecular flexibility index (Phi) is 11.0. The number of aliphatic imine (C=N–C) groups is 1. The smallest absolute Gasteiger partial charge is 0.357 e. The van der Waals surface area contributed by atoms with E-state index in [2.05, 4.69) is 15.6 Å². The van der Waals surface area contributed by atoms with E-state index < -0.39 is 12.6 Å². The molecule has 0 saturated carbocycles. The number of nitrogens with one attached hydrogen (secondary N) is 2. The van der Waals surface area contributed by atoms with Crippen LogP contribution in [0.15, 0.2) is 35.3 Å². The lowest BCUT2D eigenvalue weighted by atomic mass is 10.1. The molecule has 0 aliphatic carbocycles. The SMILES string of the molecule is CCNC(=NCCCCC(F)(F)F)NC(C)c1ccccc1.I. The molecule has 1 atom stereocenters. The number of nitrogens with zero attached hydrogens (tertiary/aromatic N) is 1. The molecule has 23 heavy (non-hydrogen) atoms. The molecule has 0 aliphatic heterocycles. The van der Waals surface area contributed by atoms with Crippen LogP contribution in [0.5, 0.6) is 0 Å². The van der Waals surface area contributed by atoms with Crippen LogP contribution in [0.2, 0.25) is 0 Å². The van der Waals surface area contributed by atoms with E-state index in [1.807, 2.05) is 44.2 Å². The van der Waals surface area contributed by atoms with Gasteiger partial charge in [-0.25, -0.2) is 0 Å². The van der Waals surface area contributed by atoms with Crippen molar-refractivity contribution in [3.05, 3.63) is 35.9 Å². The monoisotopic (exact) mass is 443 g/mol. The standard InChI is InChI=1S/C16H24F3N3.HI/c1-3-20-15(21-12-8-7-11-16(17,18)19)22-13(2)14-9-5-4-6-10-14;/h4-6,9-10,13H,3,7-8,11-12H2,1-2H3,(H2,20,21,22);1H. The number of guanidine groups is 1. The Morgan fingerprint density at radius 1 is 1.17 bits per heavy atom. The van der Waals surface area contributed by atoms with Gasteiger partial charge < -0.3 is 10.6 Å². The van der Waals surface area contributed by atoms with Gasteiger partial charge in [0.2, 0.25) is 0 Å². The summed E-state index contributed by atoms with van der Waals surface area (Å²) in [6.45, 7) is 5.06. The highest BCUT2D eigenvalue weighted by molar-refractivity contribution is 14.0. The summed E-state index contributed by atoms with van der Waals surface area (Å²) < 4.78 is 36.2. The van der Waals surface area contributed by atoms with Crippen LogP contribution in [-0.4, -0.2) is 25.2 Å². The van der Waals surface area contributed by atoms with Crippen molar-refractivity contribution in [1.29, 1.82) is 0 Å². The molecule has 0 amide bonds. The third-order valence-electron chi connectivity index (χ3n) is 3.14. The third-order valence-corrected chi connectivity index (χ3v) is 3.14. The zero-order chi connectivity index (χ0) is 16.4. The number of hydrogen-bond acceptors (Lipinski definition) is 1. The second-order valence-corrected chi connectivity index (χ2v) is 5.11. The fourth-order valence-corrected chi connectivity index (χ4v) is 1.98. The lowest BCUT2D eigenvalue weighted by molar-refractivity contribution is -0.135. The predicted molar refractivity (Wildman–Crippen MR) is 99.3 cm³/mol. The van der Waals surface area contributed by atoms with E-state index in [1.165, 1.54) is 0 Å². The third kappa shape index (κ3) is 10.4. The molecule has 0 saturated heterocycles. The van der Waals surface area contributed by atoms with Gasteiger partial charge >= 0.3 is 6.18 Å². The van der Waals surface area contributed by atoms with Gasteiger partial charge in [0.1, 0.15) is 0 Å². The van der Waals surface area contributed by atoms with Crippen LogP contribution in [-0.2, 0) is 0 Å². The molecule has 0 spiro atoms. The highest BCUT2D eigenvalue weighted by Crippen LogP contribution is 2.22. The van der Waals surface area contributed by atoms with Gasteiger partial charge in [-0.3, -0.25) is 4.99 Å². The van der Waals surface area contributed by atoms with Gasteiger partial charge in [-0.05, 0) is 32.3 Å². The molecule has 0 radical (unpaired) electrons. The summed E-state index contributed by atoms with van der Waals surface area (Å²) in [6, 6.07) is 10.0. The van der Waals surface area contributed by atoms with Gasteiger partial charge in [-0.15, -0.1) is 24.0 Å². The molecule has 0 heterocycles. The predicted octanol–water partition coefficient (Wildman–Crippen LogP) is 4.65. The maximum absolute atomic E-state index is 12.1. The summed E-state index contributed by atoms with van der Waals surface area (Å²) in [5.41, 5.74) is 1.13. The fourth-order valence-electron chi connectivity index (χ4n) is 1.98. The van der Waals surface area contributed by atoms with Crippen LogP contribution in [0.4, 0.5) is 13.2 Å². The molecule has 0 aliphatic rings. The Morgan fingerprint density at radius 2 is 1.83 bits per heavy atom. The van der Waals surface area contributed by atoms with Crippen LogP contribution in [0.25, 0.3) is 0 Å². The van der Waals surface area contributed by atoms with Gasteiger partial charge in [0.25, 0.3) is 0 Å².